The summed E-state index contributed by atoms with van der Waals surface area (Å²) in [6, 6.07) is 4.48. The van der Waals surface area contributed by atoms with Gasteiger partial charge in [-0.1, -0.05) is 17.7 Å². The standard InChI is InChI=1S/C12H20N2/c1-8-5-9(2)12(10(3)6-8)11(13)7-14-4/h5-6,11,14H,7,13H2,1-4H3. The van der Waals surface area contributed by atoms with Crippen molar-refractivity contribution in [3.63, 3.8) is 0 Å². The van der Waals surface area contributed by atoms with Crippen molar-refractivity contribution in [1.29, 1.82) is 0 Å². The molecular weight excluding hydrogens is 172 g/mol. The molecule has 0 heterocycles. The van der Waals surface area contributed by atoms with E-state index in [2.05, 4.69) is 38.2 Å². The van der Waals surface area contributed by atoms with Crippen molar-refractivity contribution in [3.8, 4) is 0 Å². The first-order chi connectivity index (χ1) is 6.56. The van der Waals surface area contributed by atoms with Gasteiger partial charge in [-0.05, 0) is 44.5 Å². The summed E-state index contributed by atoms with van der Waals surface area (Å²) < 4.78 is 0. The molecule has 2 heteroatoms. The van der Waals surface area contributed by atoms with E-state index in [1.54, 1.807) is 0 Å². The molecule has 2 nitrogen and oxygen atoms in total. The average Bonchev–Trinajstić information content (AvgIpc) is 2.01. The molecule has 78 valence electrons. The van der Waals surface area contributed by atoms with E-state index in [1.807, 2.05) is 7.05 Å². The fraction of sp³-hybridized carbons (Fsp3) is 0.500. The maximum absolute atomic E-state index is 6.09. The van der Waals surface area contributed by atoms with Crippen LogP contribution in [-0.4, -0.2) is 13.6 Å². The highest BCUT2D eigenvalue weighted by atomic mass is 14.9. The zero-order valence-corrected chi connectivity index (χ0v) is 9.52. The monoisotopic (exact) mass is 192 g/mol. The Morgan fingerprint density at radius 2 is 1.71 bits per heavy atom. The molecule has 0 saturated carbocycles. The number of nitrogens with two attached hydrogens (primary N) is 1. The summed E-state index contributed by atoms with van der Waals surface area (Å²) >= 11 is 0. The van der Waals surface area contributed by atoms with E-state index in [-0.39, 0.29) is 6.04 Å². The third-order valence-corrected chi connectivity index (χ3v) is 2.53. The maximum Gasteiger partial charge on any atom is 0.0426 e. The van der Waals surface area contributed by atoms with Gasteiger partial charge in [0.15, 0.2) is 0 Å². The molecule has 1 rings (SSSR count). The molecule has 1 aromatic rings. The number of hydrogen-bond donors (Lipinski definition) is 2. The third kappa shape index (κ3) is 2.34. The van der Waals surface area contributed by atoms with E-state index in [4.69, 9.17) is 5.73 Å². The normalized spacial score (nSPS) is 12.9. The highest BCUT2D eigenvalue weighted by Crippen LogP contribution is 2.21. The van der Waals surface area contributed by atoms with E-state index in [9.17, 15) is 0 Å². The summed E-state index contributed by atoms with van der Waals surface area (Å²) in [4.78, 5) is 0. The largest absolute Gasteiger partial charge is 0.323 e. The molecule has 0 spiro atoms. The smallest absolute Gasteiger partial charge is 0.0426 e. The fourth-order valence-electron chi connectivity index (χ4n) is 2.10. The van der Waals surface area contributed by atoms with Gasteiger partial charge in [-0.15, -0.1) is 0 Å². The molecule has 0 aromatic heterocycles. The zero-order valence-electron chi connectivity index (χ0n) is 9.52. The van der Waals surface area contributed by atoms with Gasteiger partial charge in [-0.25, -0.2) is 0 Å². The third-order valence-electron chi connectivity index (χ3n) is 2.53. The quantitative estimate of drug-likeness (QED) is 0.766. The number of rotatable bonds is 3. The summed E-state index contributed by atoms with van der Waals surface area (Å²) in [5, 5.41) is 3.11. The number of benzene rings is 1. The lowest BCUT2D eigenvalue weighted by Crippen LogP contribution is -2.25. The Balaban J connectivity index is 3.07. The summed E-state index contributed by atoms with van der Waals surface area (Å²) in [5.74, 6) is 0. The molecule has 0 aliphatic heterocycles. The summed E-state index contributed by atoms with van der Waals surface area (Å²) in [6.45, 7) is 7.20. The molecule has 0 aliphatic carbocycles. The van der Waals surface area contributed by atoms with Crippen molar-refractivity contribution in [2.24, 2.45) is 5.73 Å². The average molecular weight is 192 g/mol. The first-order valence-corrected chi connectivity index (χ1v) is 5.04. The topological polar surface area (TPSA) is 38.0 Å². The van der Waals surface area contributed by atoms with E-state index >= 15 is 0 Å². The Bertz CT molecular complexity index is 295. The molecule has 0 amide bonds. The number of nitrogens with one attached hydrogen (secondary N) is 1. The summed E-state index contributed by atoms with van der Waals surface area (Å²) in [6.07, 6.45) is 0. The Kier molecular flexibility index (Phi) is 3.67. The molecule has 14 heavy (non-hydrogen) atoms. The second kappa shape index (κ2) is 4.58. The first kappa shape index (κ1) is 11.2. The van der Waals surface area contributed by atoms with E-state index in [1.165, 1.54) is 22.3 Å². The van der Waals surface area contributed by atoms with Crippen molar-refractivity contribution >= 4 is 0 Å². The highest BCUT2D eigenvalue weighted by Gasteiger charge is 2.11. The van der Waals surface area contributed by atoms with Crippen LogP contribution in [-0.2, 0) is 0 Å². The SMILES string of the molecule is CNCC(N)c1c(C)cc(C)cc1C. The molecule has 0 fully saturated rings. The van der Waals surface area contributed by atoms with Crippen LogP contribution in [0.2, 0.25) is 0 Å². The molecule has 0 aliphatic rings. The minimum absolute atomic E-state index is 0.0978. The van der Waals surface area contributed by atoms with E-state index < -0.39 is 0 Å². The minimum atomic E-state index is 0.0978. The van der Waals surface area contributed by atoms with Crippen LogP contribution in [0.4, 0.5) is 0 Å². The van der Waals surface area contributed by atoms with E-state index in [0.29, 0.717) is 0 Å². The van der Waals surface area contributed by atoms with Crippen LogP contribution in [0.15, 0.2) is 12.1 Å². The lowest BCUT2D eigenvalue weighted by Gasteiger charge is -2.17. The Labute approximate surface area is 86.5 Å². The minimum Gasteiger partial charge on any atom is -0.323 e. The second-order valence-corrected chi connectivity index (χ2v) is 3.98. The van der Waals surface area contributed by atoms with Crippen LogP contribution >= 0.6 is 0 Å². The fourth-order valence-corrected chi connectivity index (χ4v) is 2.10. The molecule has 3 N–H and O–H groups in total. The van der Waals surface area contributed by atoms with Gasteiger partial charge in [0.05, 0.1) is 0 Å². The van der Waals surface area contributed by atoms with Crippen LogP contribution in [0.3, 0.4) is 0 Å². The predicted molar refractivity (Wildman–Crippen MR) is 61.5 cm³/mol. The molecule has 0 radical (unpaired) electrons. The Hall–Kier alpha value is -0.860. The van der Waals surface area contributed by atoms with Crippen LogP contribution in [0, 0.1) is 20.8 Å². The highest BCUT2D eigenvalue weighted by molar-refractivity contribution is 5.39. The van der Waals surface area contributed by atoms with Gasteiger partial charge in [0.2, 0.25) is 0 Å². The molecule has 1 aromatic carbocycles. The van der Waals surface area contributed by atoms with Crippen molar-refractivity contribution in [3.05, 3.63) is 34.4 Å². The van der Waals surface area contributed by atoms with Crippen LogP contribution in [0.5, 0.6) is 0 Å². The van der Waals surface area contributed by atoms with E-state index in [0.717, 1.165) is 6.54 Å². The number of aryl methyl sites for hydroxylation is 3. The number of hydrogen-bond acceptors (Lipinski definition) is 2. The molecule has 0 saturated heterocycles. The molecule has 0 bridgehead atoms. The van der Waals surface area contributed by atoms with Gasteiger partial charge >= 0.3 is 0 Å². The number of likely N-dealkylation sites (N-methyl/N-ethyl adjacent to an activating group) is 1. The molecule has 1 unspecified atom stereocenters. The van der Waals surface area contributed by atoms with Crippen molar-refractivity contribution in [2.45, 2.75) is 26.8 Å². The van der Waals surface area contributed by atoms with Crippen LogP contribution in [0.1, 0.15) is 28.3 Å². The Morgan fingerprint density at radius 3 is 2.14 bits per heavy atom. The van der Waals surface area contributed by atoms with Crippen molar-refractivity contribution < 1.29 is 0 Å². The van der Waals surface area contributed by atoms with Crippen LogP contribution in [0.25, 0.3) is 0 Å². The van der Waals surface area contributed by atoms with Gasteiger partial charge in [-0.3, -0.25) is 0 Å². The lowest BCUT2D eigenvalue weighted by atomic mass is 9.94. The van der Waals surface area contributed by atoms with Crippen molar-refractivity contribution in [1.82, 2.24) is 5.32 Å². The van der Waals surface area contributed by atoms with Crippen LogP contribution < -0.4 is 11.1 Å². The second-order valence-electron chi connectivity index (χ2n) is 3.98. The van der Waals surface area contributed by atoms with Gasteiger partial charge in [-0.2, -0.15) is 0 Å². The van der Waals surface area contributed by atoms with Gasteiger partial charge in [0, 0.05) is 12.6 Å². The zero-order chi connectivity index (χ0) is 10.7. The molecular formula is C12H20N2. The summed E-state index contributed by atoms with van der Waals surface area (Å²) in [5.41, 5.74) is 11.3. The summed E-state index contributed by atoms with van der Waals surface area (Å²) in [7, 11) is 1.93. The maximum atomic E-state index is 6.09. The first-order valence-electron chi connectivity index (χ1n) is 5.04. The van der Waals surface area contributed by atoms with Gasteiger partial charge in [0.1, 0.15) is 0 Å². The van der Waals surface area contributed by atoms with Gasteiger partial charge in [0.25, 0.3) is 0 Å². The lowest BCUT2D eigenvalue weighted by molar-refractivity contribution is 0.646. The predicted octanol–water partition coefficient (Wildman–Crippen LogP) is 1.83. The van der Waals surface area contributed by atoms with Crippen molar-refractivity contribution in [2.75, 3.05) is 13.6 Å². The van der Waals surface area contributed by atoms with Gasteiger partial charge < -0.3 is 11.1 Å². The molecule has 1 atom stereocenters. The Morgan fingerprint density at radius 1 is 1.21 bits per heavy atom.